The maximum Gasteiger partial charge on any atom is 0.0638 e. The van der Waals surface area contributed by atoms with Gasteiger partial charge in [-0.1, -0.05) is 31.2 Å². The minimum Gasteiger partial charge on any atom is -0.395 e. The van der Waals surface area contributed by atoms with Crippen LogP contribution in [0.25, 0.3) is 0 Å². The third kappa shape index (κ3) is 2.91. The normalized spacial score (nSPS) is 24.6. The number of methoxy groups -OCH3 is 1. The molecule has 2 rings (SSSR count). The topological polar surface area (TPSA) is 41.5 Å². The van der Waals surface area contributed by atoms with Crippen molar-refractivity contribution in [1.29, 1.82) is 0 Å². The van der Waals surface area contributed by atoms with Crippen molar-refractivity contribution in [2.45, 2.75) is 37.8 Å². The minimum atomic E-state index is 0.0152. The molecule has 0 spiro atoms. The Morgan fingerprint density at radius 2 is 2.06 bits per heavy atom. The Morgan fingerprint density at radius 1 is 1.33 bits per heavy atom. The highest BCUT2D eigenvalue weighted by Gasteiger charge is 2.25. The van der Waals surface area contributed by atoms with E-state index < -0.39 is 0 Å². The molecule has 3 nitrogen and oxygen atoms in total. The minimum absolute atomic E-state index is 0.0152. The van der Waals surface area contributed by atoms with Crippen molar-refractivity contribution < 1.29 is 9.84 Å². The van der Waals surface area contributed by atoms with E-state index in [1.807, 2.05) is 0 Å². The van der Waals surface area contributed by atoms with Crippen molar-refractivity contribution >= 4 is 0 Å². The SMILES string of the molecule is COCC(CO)NC1CCC(C)c2ccccc21. The van der Waals surface area contributed by atoms with Gasteiger partial charge in [0.05, 0.1) is 19.3 Å². The number of nitrogens with one attached hydrogen (secondary N) is 1. The first-order valence-electron chi connectivity index (χ1n) is 6.71. The van der Waals surface area contributed by atoms with Gasteiger partial charge in [-0.15, -0.1) is 0 Å². The van der Waals surface area contributed by atoms with Crippen LogP contribution in [0.5, 0.6) is 0 Å². The molecule has 0 saturated heterocycles. The molecule has 0 saturated carbocycles. The summed E-state index contributed by atoms with van der Waals surface area (Å²) in [5.41, 5.74) is 2.82. The van der Waals surface area contributed by atoms with Gasteiger partial charge in [-0.2, -0.15) is 0 Å². The van der Waals surface area contributed by atoms with Crippen LogP contribution in [0.1, 0.15) is 42.9 Å². The molecule has 0 bridgehead atoms. The Kier molecular flexibility index (Phi) is 4.75. The third-order valence-corrected chi connectivity index (χ3v) is 3.82. The van der Waals surface area contributed by atoms with Crippen molar-refractivity contribution in [3.8, 4) is 0 Å². The van der Waals surface area contributed by atoms with Gasteiger partial charge in [0, 0.05) is 13.2 Å². The quantitative estimate of drug-likeness (QED) is 0.841. The van der Waals surface area contributed by atoms with Gasteiger partial charge in [0.1, 0.15) is 0 Å². The summed E-state index contributed by atoms with van der Waals surface area (Å²) >= 11 is 0. The summed E-state index contributed by atoms with van der Waals surface area (Å²) in [5, 5.41) is 12.9. The van der Waals surface area contributed by atoms with Crippen LogP contribution in [0, 0.1) is 0 Å². The summed E-state index contributed by atoms with van der Waals surface area (Å²) in [6.07, 6.45) is 2.32. The lowest BCUT2D eigenvalue weighted by Crippen LogP contribution is -2.40. The predicted molar refractivity (Wildman–Crippen MR) is 72.7 cm³/mol. The first kappa shape index (κ1) is 13.5. The fraction of sp³-hybridized carbons (Fsp3) is 0.600. The number of fused-ring (bicyclic) bond motifs is 1. The van der Waals surface area contributed by atoms with Gasteiger partial charge in [-0.05, 0) is 29.9 Å². The predicted octanol–water partition coefficient (Wildman–Crippen LogP) is 2.22. The van der Waals surface area contributed by atoms with Gasteiger partial charge in [0.15, 0.2) is 0 Å². The molecule has 3 atom stereocenters. The number of aliphatic hydroxyl groups excluding tert-OH is 1. The van der Waals surface area contributed by atoms with E-state index in [-0.39, 0.29) is 12.6 Å². The molecule has 0 fully saturated rings. The summed E-state index contributed by atoms with van der Waals surface area (Å²) in [5.74, 6) is 0.634. The standard InChI is InChI=1S/C15H23NO2/c1-11-7-8-15(16-12(9-17)10-18-2)14-6-4-3-5-13(11)14/h3-6,11-12,15-17H,7-10H2,1-2H3. The second-order valence-corrected chi connectivity index (χ2v) is 5.16. The van der Waals surface area contributed by atoms with Crippen molar-refractivity contribution in [3.05, 3.63) is 35.4 Å². The fourth-order valence-electron chi connectivity index (χ4n) is 2.82. The van der Waals surface area contributed by atoms with Crippen LogP contribution < -0.4 is 5.32 Å². The number of aliphatic hydroxyl groups is 1. The van der Waals surface area contributed by atoms with Crippen LogP contribution in [0.15, 0.2) is 24.3 Å². The second-order valence-electron chi connectivity index (χ2n) is 5.16. The highest BCUT2D eigenvalue weighted by Crippen LogP contribution is 2.37. The van der Waals surface area contributed by atoms with Crippen LogP contribution in [0.4, 0.5) is 0 Å². The Morgan fingerprint density at radius 3 is 2.72 bits per heavy atom. The average Bonchev–Trinajstić information content (AvgIpc) is 2.41. The molecule has 100 valence electrons. The number of rotatable bonds is 5. The summed E-state index contributed by atoms with van der Waals surface area (Å²) < 4.78 is 5.12. The lowest BCUT2D eigenvalue weighted by Gasteiger charge is -2.32. The van der Waals surface area contributed by atoms with Gasteiger partial charge in [-0.25, -0.2) is 0 Å². The molecule has 2 N–H and O–H groups in total. The van der Waals surface area contributed by atoms with E-state index in [0.29, 0.717) is 18.6 Å². The molecule has 0 aromatic heterocycles. The zero-order valence-electron chi connectivity index (χ0n) is 11.2. The molecule has 0 amide bonds. The van der Waals surface area contributed by atoms with E-state index in [0.717, 1.165) is 6.42 Å². The molecule has 1 aliphatic carbocycles. The monoisotopic (exact) mass is 249 g/mol. The van der Waals surface area contributed by atoms with Crippen LogP contribution in [0.3, 0.4) is 0 Å². The maximum absolute atomic E-state index is 9.35. The molecule has 3 unspecified atom stereocenters. The molecule has 0 aliphatic heterocycles. The van der Waals surface area contributed by atoms with Crippen LogP contribution >= 0.6 is 0 Å². The number of hydrogen-bond donors (Lipinski definition) is 2. The zero-order valence-corrected chi connectivity index (χ0v) is 11.2. The Balaban J connectivity index is 2.13. The number of ether oxygens (including phenoxy) is 1. The molecule has 0 heterocycles. The summed E-state index contributed by atoms with van der Waals surface area (Å²) in [4.78, 5) is 0. The van der Waals surface area contributed by atoms with Crippen LogP contribution in [-0.2, 0) is 4.74 Å². The highest BCUT2D eigenvalue weighted by molar-refractivity contribution is 5.35. The molecule has 0 radical (unpaired) electrons. The highest BCUT2D eigenvalue weighted by atomic mass is 16.5. The molecular formula is C15H23NO2. The number of hydrogen-bond acceptors (Lipinski definition) is 3. The molecule has 1 aromatic carbocycles. The summed E-state index contributed by atoms with van der Waals surface area (Å²) in [6, 6.07) is 8.97. The van der Waals surface area contributed by atoms with Gasteiger partial charge < -0.3 is 15.2 Å². The maximum atomic E-state index is 9.35. The molecule has 1 aliphatic rings. The largest absolute Gasteiger partial charge is 0.395 e. The van der Waals surface area contributed by atoms with E-state index in [1.165, 1.54) is 17.5 Å². The van der Waals surface area contributed by atoms with E-state index in [2.05, 4.69) is 36.5 Å². The van der Waals surface area contributed by atoms with E-state index >= 15 is 0 Å². The average molecular weight is 249 g/mol. The van der Waals surface area contributed by atoms with E-state index in [4.69, 9.17) is 4.74 Å². The second kappa shape index (κ2) is 6.32. The van der Waals surface area contributed by atoms with Gasteiger partial charge in [0.25, 0.3) is 0 Å². The third-order valence-electron chi connectivity index (χ3n) is 3.82. The van der Waals surface area contributed by atoms with Crippen LogP contribution in [0.2, 0.25) is 0 Å². The molecule has 1 aromatic rings. The van der Waals surface area contributed by atoms with E-state index in [1.54, 1.807) is 7.11 Å². The van der Waals surface area contributed by atoms with Crippen molar-refractivity contribution in [2.24, 2.45) is 0 Å². The number of benzene rings is 1. The van der Waals surface area contributed by atoms with Crippen LogP contribution in [-0.4, -0.2) is 31.5 Å². The lowest BCUT2D eigenvalue weighted by atomic mass is 9.81. The first-order valence-corrected chi connectivity index (χ1v) is 6.71. The van der Waals surface area contributed by atoms with E-state index in [9.17, 15) is 5.11 Å². The first-order chi connectivity index (χ1) is 8.76. The van der Waals surface area contributed by atoms with Gasteiger partial charge in [-0.3, -0.25) is 0 Å². The van der Waals surface area contributed by atoms with Gasteiger partial charge in [0.2, 0.25) is 0 Å². The Labute approximate surface area is 109 Å². The van der Waals surface area contributed by atoms with Crippen molar-refractivity contribution in [1.82, 2.24) is 5.32 Å². The Hall–Kier alpha value is -0.900. The van der Waals surface area contributed by atoms with Gasteiger partial charge >= 0.3 is 0 Å². The lowest BCUT2D eigenvalue weighted by molar-refractivity contribution is 0.120. The molecular weight excluding hydrogens is 226 g/mol. The fourth-order valence-corrected chi connectivity index (χ4v) is 2.82. The van der Waals surface area contributed by atoms with Crippen molar-refractivity contribution in [3.63, 3.8) is 0 Å². The summed E-state index contributed by atoms with van der Waals surface area (Å²) in [6.45, 7) is 2.94. The smallest absolute Gasteiger partial charge is 0.0638 e. The summed E-state index contributed by atoms with van der Waals surface area (Å²) in [7, 11) is 1.67. The van der Waals surface area contributed by atoms with Crippen molar-refractivity contribution in [2.75, 3.05) is 20.3 Å². The molecule has 18 heavy (non-hydrogen) atoms. The zero-order chi connectivity index (χ0) is 13.0. The molecule has 3 heteroatoms. The Bertz CT molecular complexity index is 381.